The second-order valence-electron chi connectivity index (χ2n) is 6.75. The number of anilines is 1. The van der Waals surface area contributed by atoms with Gasteiger partial charge in [0.2, 0.25) is 5.91 Å². The van der Waals surface area contributed by atoms with Gasteiger partial charge >= 0.3 is 0 Å². The highest BCUT2D eigenvalue weighted by atomic mass is 32.2. The molecular formula is C18H23N3O3S. The molecule has 0 aliphatic carbocycles. The van der Waals surface area contributed by atoms with Crippen LogP contribution >= 0.6 is 0 Å². The predicted octanol–water partition coefficient (Wildman–Crippen LogP) is 2.35. The summed E-state index contributed by atoms with van der Waals surface area (Å²) in [6.45, 7) is 5.74. The Morgan fingerprint density at radius 3 is 2.72 bits per heavy atom. The van der Waals surface area contributed by atoms with Gasteiger partial charge in [0.05, 0.1) is 29.7 Å². The molecule has 1 N–H and O–H groups in total. The largest absolute Gasteiger partial charge is 0.326 e. The Balaban J connectivity index is 1.76. The normalized spacial score (nSPS) is 19.1. The zero-order valence-electron chi connectivity index (χ0n) is 14.7. The number of hydrogen-bond donors (Lipinski definition) is 1. The maximum absolute atomic E-state index is 12.4. The topological polar surface area (TPSA) is 81.1 Å². The molecule has 1 fully saturated rings. The standard InChI is InChI=1S/C18H23N3O3S/c1-12-5-4-6-15(9-12)19-18(22)10-17-13(2)20-21(14(17)3)16-7-8-25(23,24)11-16/h4-6,9,16H,7-8,10-11H2,1-3H3,(H,19,22). The van der Waals surface area contributed by atoms with Crippen LogP contribution in [0.1, 0.15) is 35.0 Å². The summed E-state index contributed by atoms with van der Waals surface area (Å²) in [5.74, 6) is 0.235. The van der Waals surface area contributed by atoms with Crippen molar-refractivity contribution in [3.63, 3.8) is 0 Å². The van der Waals surface area contributed by atoms with E-state index in [1.165, 1.54) is 0 Å². The molecule has 1 atom stereocenters. The van der Waals surface area contributed by atoms with Crippen molar-refractivity contribution in [1.29, 1.82) is 0 Å². The Morgan fingerprint density at radius 1 is 1.32 bits per heavy atom. The molecule has 1 amide bonds. The molecule has 1 aliphatic rings. The summed E-state index contributed by atoms with van der Waals surface area (Å²) in [5, 5.41) is 7.41. The first-order chi connectivity index (χ1) is 11.7. The summed E-state index contributed by atoms with van der Waals surface area (Å²) < 4.78 is 25.2. The molecule has 0 bridgehead atoms. The lowest BCUT2D eigenvalue weighted by Crippen LogP contribution is -2.16. The van der Waals surface area contributed by atoms with E-state index in [1.54, 1.807) is 4.68 Å². The van der Waals surface area contributed by atoms with Crippen LogP contribution in [0.3, 0.4) is 0 Å². The van der Waals surface area contributed by atoms with Crippen molar-refractivity contribution < 1.29 is 13.2 Å². The van der Waals surface area contributed by atoms with Crippen LogP contribution < -0.4 is 5.32 Å². The van der Waals surface area contributed by atoms with E-state index < -0.39 is 9.84 Å². The van der Waals surface area contributed by atoms with E-state index in [4.69, 9.17) is 0 Å². The molecule has 25 heavy (non-hydrogen) atoms. The quantitative estimate of drug-likeness (QED) is 0.906. The Morgan fingerprint density at radius 2 is 2.08 bits per heavy atom. The van der Waals surface area contributed by atoms with Gasteiger partial charge in [0.25, 0.3) is 0 Å². The summed E-state index contributed by atoms with van der Waals surface area (Å²) in [4.78, 5) is 12.4. The highest BCUT2D eigenvalue weighted by Gasteiger charge is 2.31. The zero-order chi connectivity index (χ0) is 18.2. The van der Waals surface area contributed by atoms with E-state index in [0.717, 1.165) is 28.2 Å². The lowest BCUT2D eigenvalue weighted by atomic mass is 10.1. The third kappa shape index (κ3) is 3.92. The first-order valence-corrected chi connectivity index (χ1v) is 10.2. The van der Waals surface area contributed by atoms with E-state index in [1.807, 2.05) is 45.0 Å². The van der Waals surface area contributed by atoms with Gasteiger partial charge in [-0.05, 0) is 44.9 Å². The maximum atomic E-state index is 12.4. The zero-order valence-corrected chi connectivity index (χ0v) is 15.6. The molecule has 3 rings (SSSR count). The smallest absolute Gasteiger partial charge is 0.228 e. The summed E-state index contributed by atoms with van der Waals surface area (Å²) in [5.41, 5.74) is 4.38. The average Bonchev–Trinajstić information content (AvgIpc) is 3.01. The van der Waals surface area contributed by atoms with Crippen molar-refractivity contribution in [3.8, 4) is 0 Å². The number of rotatable bonds is 4. The first kappa shape index (κ1) is 17.7. The highest BCUT2D eigenvalue weighted by Crippen LogP contribution is 2.27. The second kappa shape index (κ2) is 6.63. The van der Waals surface area contributed by atoms with E-state index in [0.29, 0.717) is 6.42 Å². The van der Waals surface area contributed by atoms with Crippen LogP contribution in [0.4, 0.5) is 5.69 Å². The molecule has 2 aromatic rings. The second-order valence-corrected chi connectivity index (χ2v) is 8.97. The summed E-state index contributed by atoms with van der Waals surface area (Å²) in [6.07, 6.45) is 0.810. The average molecular weight is 361 g/mol. The Kier molecular flexibility index (Phi) is 4.69. The molecule has 0 spiro atoms. The van der Waals surface area contributed by atoms with Crippen LogP contribution in [0, 0.1) is 20.8 Å². The summed E-state index contributed by atoms with van der Waals surface area (Å²) >= 11 is 0. The predicted molar refractivity (Wildman–Crippen MR) is 97.5 cm³/mol. The van der Waals surface area contributed by atoms with Crippen LogP contribution in [0.25, 0.3) is 0 Å². The van der Waals surface area contributed by atoms with Crippen molar-refractivity contribution in [2.45, 2.75) is 39.7 Å². The number of nitrogens with zero attached hydrogens (tertiary/aromatic N) is 2. The van der Waals surface area contributed by atoms with E-state index in [9.17, 15) is 13.2 Å². The fourth-order valence-electron chi connectivity index (χ4n) is 3.37. The SMILES string of the molecule is Cc1cccc(NC(=O)Cc2c(C)nn(C3CCS(=O)(=O)C3)c2C)c1. The van der Waals surface area contributed by atoms with Crippen LogP contribution in [0.5, 0.6) is 0 Å². The van der Waals surface area contributed by atoms with Crippen LogP contribution in [-0.4, -0.2) is 35.6 Å². The number of carbonyl (C=O) groups excluding carboxylic acids is 1. The molecule has 1 aromatic carbocycles. The molecule has 1 aromatic heterocycles. The Bertz CT molecular complexity index is 916. The summed E-state index contributed by atoms with van der Waals surface area (Å²) in [6, 6.07) is 7.53. The van der Waals surface area contributed by atoms with Gasteiger partial charge in [-0.15, -0.1) is 0 Å². The molecule has 0 saturated carbocycles. The third-order valence-corrected chi connectivity index (χ3v) is 6.42. The van der Waals surface area contributed by atoms with Gasteiger partial charge in [-0.3, -0.25) is 9.48 Å². The number of amides is 1. The van der Waals surface area contributed by atoms with Crippen LogP contribution in [-0.2, 0) is 21.1 Å². The fraction of sp³-hybridized carbons (Fsp3) is 0.444. The number of carbonyl (C=O) groups is 1. The lowest BCUT2D eigenvalue weighted by Gasteiger charge is -2.11. The lowest BCUT2D eigenvalue weighted by molar-refractivity contribution is -0.115. The van der Waals surface area contributed by atoms with Gasteiger partial charge in [0.1, 0.15) is 0 Å². The van der Waals surface area contributed by atoms with E-state index in [-0.39, 0.29) is 29.9 Å². The number of aryl methyl sites for hydroxylation is 2. The summed E-state index contributed by atoms with van der Waals surface area (Å²) in [7, 11) is -2.97. The molecule has 6 nitrogen and oxygen atoms in total. The van der Waals surface area contributed by atoms with Gasteiger partial charge in [-0.1, -0.05) is 12.1 Å². The van der Waals surface area contributed by atoms with E-state index >= 15 is 0 Å². The first-order valence-electron chi connectivity index (χ1n) is 8.37. The van der Waals surface area contributed by atoms with Gasteiger partial charge in [0.15, 0.2) is 9.84 Å². The minimum absolute atomic E-state index is 0.101. The highest BCUT2D eigenvalue weighted by molar-refractivity contribution is 7.91. The van der Waals surface area contributed by atoms with Crippen molar-refractivity contribution in [1.82, 2.24) is 9.78 Å². The Labute approximate surface area is 148 Å². The number of hydrogen-bond acceptors (Lipinski definition) is 4. The Hall–Kier alpha value is -2.15. The number of nitrogens with one attached hydrogen (secondary N) is 1. The van der Waals surface area contributed by atoms with Crippen molar-refractivity contribution in [3.05, 3.63) is 46.8 Å². The molecule has 7 heteroatoms. The van der Waals surface area contributed by atoms with Gasteiger partial charge in [0, 0.05) is 16.9 Å². The minimum Gasteiger partial charge on any atom is -0.326 e. The molecule has 1 saturated heterocycles. The van der Waals surface area contributed by atoms with Crippen molar-refractivity contribution in [2.75, 3.05) is 16.8 Å². The molecule has 0 radical (unpaired) electrons. The van der Waals surface area contributed by atoms with Crippen molar-refractivity contribution >= 4 is 21.4 Å². The number of sulfone groups is 1. The molecular weight excluding hydrogens is 338 g/mol. The number of benzene rings is 1. The fourth-order valence-corrected chi connectivity index (χ4v) is 5.06. The van der Waals surface area contributed by atoms with Crippen molar-refractivity contribution in [2.24, 2.45) is 0 Å². The van der Waals surface area contributed by atoms with Gasteiger partial charge in [-0.25, -0.2) is 8.42 Å². The van der Waals surface area contributed by atoms with Gasteiger partial charge in [-0.2, -0.15) is 5.10 Å². The monoisotopic (exact) mass is 361 g/mol. The van der Waals surface area contributed by atoms with Crippen LogP contribution in [0.2, 0.25) is 0 Å². The molecule has 2 heterocycles. The molecule has 134 valence electrons. The maximum Gasteiger partial charge on any atom is 0.228 e. The third-order valence-electron chi connectivity index (χ3n) is 4.67. The minimum atomic E-state index is -2.97. The number of aromatic nitrogens is 2. The van der Waals surface area contributed by atoms with E-state index in [2.05, 4.69) is 10.4 Å². The van der Waals surface area contributed by atoms with Gasteiger partial charge < -0.3 is 5.32 Å². The van der Waals surface area contributed by atoms with Crippen LogP contribution in [0.15, 0.2) is 24.3 Å². The molecule has 1 aliphatic heterocycles. The molecule has 1 unspecified atom stereocenters.